The SMILES string of the molecule is CC(C(=O)O)n1cnc2c(NC(=O)OC(C)(C)C)ncnc21. The van der Waals surface area contributed by atoms with Gasteiger partial charge in [0.15, 0.2) is 17.0 Å². The molecule has 0 radical (unpaired) electrons. The maximum Gasteiger partial charge on any atom is 0.413 e. The average molecular weight is 307 g/mol. The van der Waals surface area contributed by atoms with Crippen LogP contribution in [0.4, 0.5) is 10.6 Å². The monoisotopic (exact) mass is 307 g/mol. The minimum atomic E-state index is -1.01. The summed E-state index contributed by atoms with van der Waals surface area (Å²) in [5.74, 6) is -0.852. The zero-order valence-electron chi connectivity index (χ0n) is 12.7. The number of aliphatic carboxylic acids is 1. The number of anilines is 1. The van der Waals surface area contributed by atoms with Crippen LogP contribution < -0.4 is 5.32 Å². The molecular formula is C13H17N5O4. The summed E-state index contributed by atoms with van der Waals surface area (Å²) in [6, 6.07) is -0.839. The second kappa shape index (κ2) is 5.58. The first kappa shape index (κ1) is 15.7. The molecule has 0 saturated heterocycles. The second-order valence-electron chi connectivity index (χ2n) is 5.69. The first-order valence-electron chi connectivity index (χ1n) is 6.59. The summed E-state index contributed by atoms with van der Waals surface area (Å²) < 4.78 is 6.53. The summed E-state index contributed by atoms with van der Waals surface area (Å²) in [6.07, 6.45) is 1.90. The fraction of sp³-hybridized carbons (Fsp3) is 0.462. The fourth-order valence-electron chi connectivity index (χ4n) is 1.75. The number of carboxylic acids is 1. The molecule has 0 aliphatic rings. The highest BCUT2D eigenvalue weighted by Crippen LogP contribution is 2.21. The van der Waals surface area contributed by atoms with E-state index in [4.69, 9.17) is 9.84 Å². The molecule has 118 valence electrons. The maximum absolute atomic E-state index is 11.8. The Bertz CT molecular complexity index is 719. The number of nitrogens with zero attached hydrogens (tertiary/aromatic N) is 4. The van der Waals surface area contributed by atoms with Gasteiger partial charge in [-0.1, -0.05) is 0 Å². The van der Waals surface area contributed by atoms with Gasteiger partial charge in [0.1, 0.15) is 18.0 Å². The van der Waals surface area contributed by atoms with Crippen LogP contribution in [0.3, 0.4) is 0 Å². The Kier molecular flexibility index (Phi) is 3.98. The van der Waals surface area contributed by atoms with Crippen LogP contribution in [0.1, 0.15) is 33.7 Å². The highest BCUT2D eigenvalue weighted by molar-refractivity contribution is 5.93. The quantitative estimate of drug-likeness (QED) is 0.887. The van der Waals surface area contributed by atoms with Crippen molar-refractivity contribution >= 4 is 29.0 Å². The minimum absolute atomic E-state index is 0.163. The number of hydrogen-bond donors (Lipinski definition) is 2. The third-order valence-electron chi connectivity index (χ3n) is 2.75. The highest BCUT2D eigenvalue weighted by Gasteiger charge is 2.21. The first-order valence-corrected chi connectivity index (χ1v) is 6.59. The standard InChI is InChI=1S/C13H17N5O4/c1-7(11(19)20)18-6-16-8-9(14-5-15-10(8)18)17-12(21)22-13(2,3)4/h5-7H,1-4H3,(H,19,20)(H,14,15,17,21). The van der Waals surface area contributed by atoms with Crippen molar-refractivity contribution in [1.82, 2.24) is 19.5 Å². The van der Waals surface area contributed by atoms with Crippen LogP contribution in [0.2, 0.25) is 0 Å². The molecule has 9 heteroatoms. The molecule has 9 nitrogen and oxygen atoms in total. The van der Waals surface area contributed by atoms with E-state index < -0.39 is 23.7 Å². The molecule has 0 aliphatic carbocycles. The summed E-state index contributed by atoms with van der Waals surface area (Å²) in [6.45, 7) is 6.73. The zero-order chi connectivity index (χ0) is 16.5. The Morgan fingerprint density at radius 2 is 2.00 bits per heavy atom. The summed E-state index contributed by atoms with van der Waals surface area (Å²) in [7, 11) is 0. The van der Waals surface area contributed by atoms with E-state index in [9.17, 15) is 9.59 Å². The number of fused-ring (bicyclic) bond motifs is 1. The predicted molar refractivity (Wildman–Crippen MR) is 77.5 cm³/mol. The molecule has 2 rings (SSSR count). The van der Waals surface area contributed by atoms with Gasteiger partial charge in [-0.15, -0.1) is 0 Å². The van der Waals surface area contributed by atoms with E-state index in [1.54, 1.807) is 20.8 Å². The van der Waals surface area contributed by atoms with Crippen LogP contribution in [-0.4, -0.2) is 42.3 Å². The van der Waals surface area contributed by atoms with Gasteiger partial charge in [-0.2, -0.15) is 0 Å². The van der Waals surface area contributed by atoms with Crippen molar-refractivity contribution in [3.05, 3.63) is 12.7 Å². The number of aromatic nitrogens is 4. The van der Waals surface area contributed by atoms with Crippen molar-refractivity contribution in [1.29, 1.82) is 0 Å². The lowest BCUT2D eigenvalue weighted by Gasteiger charge is -2.19. The van der Waals surface area contributed by atoms with Gasteiger partial charge < -0.3 is 14.4 Å². The summed E-state index contributed by atoms with van der Waals surface area (Å²) in [5.41, 5.74) is -0.0367. The lowest BCUT2D eigenvalue weighted by Crippen LogP contribution is -2.27. The Morgan fingerprint density at radius 1 is 1.32 bits per heavy atom. The largest absolute Gasteiger partial charge is 0.480 e. The van der Waals surface area contributed by atoms with Crippen LogP contribution in [0, 0.1) is 0 Å². The number of carbonyl (C=O) groups excluding carboxylic acids is 1. The van der Waals surface area contributed by atoms with E-state index in [0.717, 1.165) is 0 Å². The Morgan fingerprint density at radius 3 is 2.59 bits per heavy atom. The summed E-state index contributed by atoms with van der Waals surface area (Å²) >= 11 is 0. The average Bonchev–Trinajstić information content (AvgIpc) is 2.80. The number of ether oxygens (including phenoxy) is 1. The van der Waals surface area contributed by atoms with E-state index in [2.05, 4.69) is 20.3 Å². The summed E-state index contributed by atoms with van der Waals surface area (Å²) in [5, 5.41) is 11.6. The smallest absolute Gasteiger partial charge is 0.413 e. The fourth-order valence-corrected chi connectivity index (χ4v) is 1.75. The predicted octanol–water partition coefficient (Wildman–Crippen LogP) is 1.82. The molecule has 2 heterocycles. The van der Waals surface area contributed by atoms with Gasteiger partial charge in [-0.25, -0.2) is 24.5 Å². The number of nitrogens with one attached hydrogen (secondary N) is 1. The van der Waals surface area contributed by atoms with Gasteiger partial charge in [0, 0.05) is 0 Å². The third kappa shape index (κ3) is 3.30. The van der Waals surface area contributed by atoms with Gasteiger partial charge in [0.25, 0.3) is 0 Å². The normalized spacial score (nSPS) is 12.9. The first-order chi connectivity index (χ1) is 10.2. The molecule has 2 N–H and O–H groups in total. The number of amides is 1. The van der Waals surface area contributed by atoms with Gasteiger partial charge in [0.05, 0.1) is 6.33 Å². The Balaban J connectivity index is 2.33. The molecule has 2 aromatic rings. The number of carboxylic acid groups (broad SMARTS) is 1. The molecule has 0 aromatic carbocycles. The van der Waals surface area contributed by atoms with Crippen LogP contribution in [-0.2, 0) is 9.53 Å². The zero-order valence-corrected chi connectivity index (χ0v) is 12.7. The van der Waals surface area contributed by atoms with Crippen LogP contribution in [0.15, 0.2) is 12.7 Å². The van der Waals surface area contributed by atoms with Crippen molar-refractivity contribution in [2.75, 3.05) is 5.32 Å². The van der Waals surface area contributed by atoms with Crippen molar-refractivity contribution in [3.8, 4) is 0 Å². The topological polar surface area (TPSA) is 119 Å². The molecule has 1 amide bonds. The summed E-state index contributed by atoms with van der Waals surface area (Å²) in [4.78, 5) is 34.9. The van der Waals surface area contributed by atoms with Crippen molar-refractivity contribution in [2.24, 2.45) is 0 Å². The maximum atomic E-state index is 11.8. The molecular weight excluding hydrogens is 290 g/mol. The molecule has 0 spiro atoms. The van der Waals surface area contributed by atoms with Gasteiger partial charge in [-0.3, -0.25) is 5.32 Å². The van der Waals surface area contributed by atoms with Crippen LogP contribution >= 0.6 is 0 Å². The van der Waals surface area contributed by atoms with Gasteiger partial charge >= 0.3 is 12.1 Å². The molecule has 2 aromatic heterocycles. The second-order valence-corrected chi connectivity index (χ2v) is 5.69. The molecule has 1 atom stereocenters. The Labute approximate surface area is 126 Å². The molecule has 0 aliphatic heterocycles. The van der Waals surface area contributed by atoms with Crippen LogP contribution in [0.5, 0.6) is 0 Å². The number of carbonyl (C=O) groups is 2. The van der Waals surface area contributed by atoms with E-state index >= 15 is 0 Å². The Hall–Kier alpha value is -2.71. The number of imidazole rings is 1. The van der Waals surface area contributed by atoms with E-state index in [1.807, 2.05) is 0 Å². The van der Waals surface area contributed by atoms with Gasteiger partial charge in [-0.05, 0) is 27.7 Å². The molecule has 1 unspecified atom stereocenters. The van der Waals surface area contributed by atoms with Crippen LogP contribution in [0.25, 0.3) is 11.2 Å². The third-order valence-corrected chi connectivity index (χ3v) is 2.75. The molecule has 0 saturated carbocycles. The number of hydrogen-bond acceptors (Lipinski definition) is 6. The lowest BCUT2D eigenvalue weighted by atomic mass is 10.2. The molecule has 0 fully saturated rings. The van der Waals surface area contributed by atoms with E-state index in [-0.39, 0.29) is 5.82 Å². The van der Waals surface area contributed by atoms with Crippen molar-refractivity contribution < 1.29 is 19.4 Å². The molecule has 0 bridgehead atoms. The van der Waals surface area contributed by atoms with E-state index in [0.29, 0.717) is 11.2 Å². The lowest BCUT2D eigenvalue weighted by molar-refractivity contribution is -0.140. The van der Waals surface area contributed by atoms with Gasteiger partial charge in [0.2, 0.25) is 0 Å². The van der Waals surface area contributed by atoms with E-state index in [1.165, 1.54) is 24.1 Å². The highest BCUT2D eigenvalue weighted by atomic mass is 16.6. The minimum Gasteiger partial charge on any atom is -0.480 e. The van der Waals surface area contributed by atoms with Crippen molar-refractivity contribution in [3.63, 3.8) is 0 Å². The molecule has 22 heavy (non-hydrogen) atoms. The number of rotatable bonds is 3. The van der Waals surface area contributed by atoms with Crippen molar-refractivity contribution in [2.45, 2.75) is 39.3 Å².